The first-order valence-electron chi connectivity index (χ1n) is 9.21. The second-order valence-corrected chi connectivity index (χ2v) is 7.50. The molecule has 0 aliphatic carbocycles. The molecule has 0 unspecified atom stereocenters. The van der Waals surface area contributed by atoms with Gasteiger partial charge in [0, 0.05) is 18.7 Å². The maximum atomic E-state index is 13.3. The molecule has 1 amide bonds. The molecule has 3 aromatic rings. The second-order valence-electron chi connectivity index (χ2n) is 7.50. The number of amides is 1. The van der Waals surface area contributed by atoms with E-state index in [4.69, 9.17) is 4.52 Å². The van der Waals surface area contributed by atoms with Gasteiger partial charge in [-0.05, 0) is 25.8 Å². The van der Waals surface area contributed by atoms with Gasteiger partial charge in [0.15, 0.2) is 0 Å². The largest absolute Gasteiger partial charge is 0.481 e. The summed E-state index contributed by atoms with van der Waals surface area (Å²) in [6, 6.07) is 9.60. The zero-order chi connectivity index (χ0) is 20.0. The van der Waals surface area contributed by atoms with E-state index in [0.717, 1.165) is 11.1 Å². The molecule has 1 N–H and O–H groups in total. The highest BCUT2D eigenvalue weighted by Crippen LogP contribution is 2.31. The van der Waals surface area contributed by atoms with Crippen LogP contribution in [0.25, 0.3) is 22.4 Å². The van der Waals surface area contributed by atoms with E-state index in [2.05, 4.69) is 10.1 Å². The van der Waals surface area contributed by atoms with Gasteiger partial charge < -0.3 is 14.5 Å². The smallest absolute Gasteiger partial charge is 0.308 e. The second kappa shape index (κ2) is 6.74. The number of carbonyl (C=O) groups excluding carboxylic acids is 1. The van der Waals surface area contributed by atoms with Gasteiger partial charge in [-0.25, -0.2) is 4.98 Å². The van der Waals surface area contributed by atoms with Crippen LogP contribution in [0.4, 0.5) is 0 Å². The Morgan fingerprint density at radius 2 is 1.89 bits per heavy atom. The maximum absolute atomic E-state index is 13.3. The molecule has 144 valence electrons. The number of carboxylic acids is 1. The number of aliphatic carboxylic acids is 1. The molecule has 2 atom stereocenters. The molecule has 7 heteroatoms. The monoisotopic (exact) mass is 379 g/mol. The number of pyridine rings is 1. The van der Waals surface area contributed by atoms with Gasteiger partial charge in [0.05, 0.1) is 28.3 Å². The first-order valence-corrected chi connectivity index (χ1v) is 9.21. The number of likely N-dealkylation sites (tertiary alicyclic amines) is 1. The number of nitrogens with zero attached hydrogens (tertiary/aromatic N) is 3. The average molecular weight is 379 g/mol. The summed E-state index contributed by atoms with van der Waals surface area (Å²) in [5.41, 5.74) is 3.95. The summed E-state index contributed by atoms with van der Waals surface area (Å²) in [4.78, 5) is 30.9. The lowest BCUT2D eigenvalue weighted by atomic mass is 9.99. The van der Waals surface area contributed by atoms with Gasteiger partial charge in [-0.2, -0.15) is 0 Å². The van der Waals surface area contributed by atoms with E-state index in [1.54, 1.807) is 17.9 Å². The molecule has 1 saturated heterocycles. The van der Waals surface area contributed by atoms with Crippen LogP contribution in [-0.2, 0) is 4.79 Å². The molecule has 4 rings (SSSR count). The van der Waals surface area contributed by atoms with Gasteiger partial charge in [0.25, 0.3) is 11.6 Å². The van der Waals surface area contributed by atoms with E-state index in [1.807, 2.05) is 38.1 Å². The van der Waals surface area contributed by atoms with Crippen molar-refractivity contribution >= 4 is 23.0 Å². The highest BCUT2D eigenvalue weighted by molar-refractivity contribution is 6.07. The highest BCUT2D eigenvalue weighted by atomic mass is 16.5. The van der Waals surface area contributed by atoms with Crippen molar-refractivity contribution in [3.05, 3.63) is 47.2 Å². The fourth-order valence-corrected chi connectivity index (χ4v) is 3.76. The van der Waals surface area contributed by atoms with E-state index in [9.17, 15) is 14.7 Å². The summed E-state index contributed by atoms with van der Waals surface area (Å²) in [6.45, 7) is 6.23. The zero-order valence-electron chi connectivity index (χ0n) is 16.0. The van der Waals surface area contributed by atoms with Gasteiger partial charge in [-0.3, -0.25) is 9.59 Å². The Labute approximate surface area is 162 Å². The van der Waals surface area contributed by atoms with Crippen molar-refractivity contribution in [1.82, 2.24) is 15.0 Å². The van der Waals surface area contributed by atoms with E-state index in [0.29, 0.717) is 34.6 Å². The molecule has 0 spiro atoms. The summed E-state index contributed by atoms with van der Waals surface area (Å²) in [6.07, 6.45) is 0. The van der Waals surface area contributed by atoms with Gasteiger partial charge >= 0.3 is 5.97 Å². The molecule has 1 fully saturated rings. The number of carbonyl (C=O) groups is 2. The Balaban J connectivity index is 1.79. The summed E-state index contributed by atoms with van der Waals surface area (Å²) in [5.74, 6) is -1.74. The third-order valence-corrected chi connectivity index (χ3v) is 5.41. The predicted molar refractivity (Wildman–Crippen MR) is 103 cm³/mol. The fraction of sp³-hybridized carbons (Fsp3) is 0.333. The van der Waals surface area contributed by atoms with Crippen LogP contribution in [0.2, 0.25) is 0 Å². The van der Waals surface area contributed by atoms with Crippen molar-refractivity contribution < 1.29 is 19.2 Å². The van der Waals surface area contributed by atoms with E-state index < -0.39 is 11.9 Å². The number of fused-ring (bicyclic) bond motifs is 1. The van der Waals surface area contributed by atoms with Crippen molar-refractivity contribution in [2.45, 2.75) is 20.8 Å². The van der Waals surface area contributed by atoms with E-state index in [1.165, 1.54) is 0 Å². The first kappa shape index (κ1) is 18.2. The third kappa shape index (κ3) is 3.02. The SMILES string of the molecule is Cc1ccc(-c2cc(C(=O)N3C[C@@H](C)[C@H](C(=O)O)C3)c3c(C)noc3n2)cc1. The normalized spacial score (nSPS) is 19.3. The topological polar surface area (TPSA) is 96.5 Å². The Morgan fingerprint density at radius 3 is 2.54 bits per heavy atom. The number of hydrogen-bond donors (Lipinski definition) is 1. The van der Waals surface area contributed by atoms with Crippen LogP contribution in [0, 0.1) is 25.7 Å². The molecule has 0 saturated carbocycles. The molecule has 28 heavy (non-hydrogen) atoms. The van der Waals surface area contributed by atoms with Crippen LogP contribution in [0.3, 0.4) is 0 Å². The number of benzene rings is 1. The van der Waals surface area contributed by atoms with Gasteiger partial charge in [-0.15, -0.1) is 0 Å². The van der Waals surface area contributed by atoms with Crippen LogP contribution in [0.1, 0.15) is 28.5 Å². The standard InChI is InChI=1S/C21H21N3O4/c1-11-4-6-14(7-5-11)17-8-15(18-13(3)23-28-19(18)22-17)20(25)24-9-12(2)16(10-24)21(26)27/h4-8,12,16H,9-10H2,1-3H3,(H,26,27)/t12-,16-/m1/s1. The molecule has 0 bridgehead atoms. The molecule has 0 radical (unpaired) electrons. The minimum absolute atomic E-state index is 0.0982. The van der Waals surface area contributed by atoms with Crippen molar-refractivity contribution in [2.24, 2.45) is 11.8 Å². The number of aromatic nitrogens is 2. The first-order chi connectivity index (χ1) is 13.3. The van der Waals surface area contributed by atoms with Gasteiger partial charge in [0.1, 0.15) is 0 Å². The van der Waals surface area contributed by atoms with Crippen LogP contribution in [0.5, 0.6) is 0 Å². The van der Waals surface area contributed by atoms with E-state index in [-0.39, 0.29) is 18.4 Å². The molecule has 1 aliphatic heterocycles. The Kier molecular flexibility index (Phi) is 4.37. The summed E-state index contributed by atoms with van der Waals surface area (Å²) < 4.78 is 5.34. The van der Waals surface area contributed by atoms with Gasteiger partial charge in [0.2, 0.25) is 0 Å². The molecule has 7 nitrogen and oxygen atoms in total. The quantitative estimate of drug-likeness (QED) is 0.750. The molecule has 1 aliphatic rings. The van der Waals surface area contributed by atoms with Crippen molar-refractivity contribution in [3.8, 4) is 11.3 Å². The van der Waals surface area contributed by atoms with E-state index >= 15 is 0 Å². The Hall–Kier alpha value is -3.22. The molecule has 2 aromatic heterocycles. The van der Waals surface area contributed by atoms with Crippen molar-refractivity contribution in [3.63, 3.8) is 0 Å². The van der Waals surface area contributed by atoms with Crippen LogP contribution in [-0.4, -0.2) is 45.1 Å². The number of carboxylic acid groups (broad SMARTS) is 1. The Morgan fingerprint density at radius 1 is 1.18 bits per heavy atom. The third-order valence-electron chi connectivity index (χ3n) is 5.41. The minimum Gasteiger partial charge on any atom is -0.481 e. The molecular formula is C21H21N3O4. The lowest BCUT2D eigenvalue weighted by Crippen LogP contribution is -2.30. The lowest BCUT2D eigenvalue weighted by molar-refractivity contribution is -0.142. The summed E-state index contributed by atoms with van der Waals surface area (Å²) in [7, 11) is 0. The van der Waals surface area contributed by atoms with Crippen LogP contribution >= 0.6 is 0 Å². The average Bonchev–Trinajstić information content (AvgIpc) is 3.24. The van der Waals surface area contributed by atoms with Crippen LogP contribution < -0.4 is 0 Å². The predicted octanol–water partition coefficient (Wildman–Crippen LogP) is 3.30. The molecule has 3 heterocycles. The van der Waals surface area contributed by atoms with Gasteiger partial charge in [-0.1, -0.05) is 41.9 Å². The number of rotatable bonds is 3. The number of aryl methyl sites for hydroxylation is 2. The van der Waals surface area contributed by atoms with Crippen molar-refractivity contribution in [1.29, 1.82) is 0 Å². The summed E-state index contributed by atoms with van der Waals surface area (Å²) >= 11 is 0. The molecule has 1 aromatic carbocycles. The molecular weight excluding hydrogens is 358 g/mol. The lowest BCUT2D eigenvalue weighted by Gasteiger charge is -2.17. The number of hydrogen-bond acceptors (Lipinski definition) is 5. The maximum Gasteiger partial charge on any atom is 0.308 e. The fourth-order valence-electron chi connectivity index (χ4n) is 3.76. The van der Waals surface area contributed by atoms with Crippen LogP contribution in [0.15, 0.2) is 34.9 Å². The zero-order valence-corrected chi connectivity index (χ0v) is 16.0. The highest BCUT2D eigenvalue weighted by Gasteiger charge is 2.38. The minimum atomic E-state index is -0.871. The summed E-state index contributed by atoms with van der Waals surface area (Å²) in [5, 5.41) is 13.9. The van der Waals surface area contributed by atoms with Crippen molar-refractivity contribution in [2.75, 3.05) is 13.1 Å². The Bertz CT molecular complexity index is 1070.